The Morgan fingerprint density at radius 2 is 1.67 bits per heavy atom. The summed E-state index contributed by atoms with van der Waals surface area (Å²) in [7, 11) is 3.12. The second kappa shape index (κ2) is 17.2. The molecule has 0 N–H and O–H groups in total. The van der Waals surface area contributed by atoms with E-state index in [-0.39, 0.29) is 61.9 Å². The maximum absolute atomic E-state index is 15.3. The zero-order chi connectivity index (χ0) is 44.9. The standard InChI is InChI=1S/C48H53ClN6O9/c1-29-37(50-51-55(29)22-21-54-43(57)32-9-5-6-10-33(32)44(54)58)27-63-39-15-14-36(49)34-16-20-53(38(42(34)39)25-52-28-48(18-19-48)24-41(52)56)45(59)35-11-7-8-17-47(35,2)46(60)64-26-30-12-13-31(61-3)23-40(30)62-4/h5-6,9-10,12-15,23,35,38H,7-8,11,16-22,24-28H2,1-4H3/t35-,38+,47-/m0/s1. The number of fused-ring (bicyclic) bond motifs is 2. The Bertz CT molecular complexity index is 2500. The highest BCUT2D eigenvalue weighted by Crippen LogP contribution is 2.54. The van der Waals surface area contributed by atoms with Gasteiger partial charge >= 0.3 is 5.97 Å². The topological polar surface area (TPSA) is 163 Å². The number of hydrogen-bond acceptors (Lipinski definition) is 11. The van der Waals surface area contributed by atoms with Crippen LogP contribution in [0.4, 0.5) is 0 Å². The van der Waals surface area contributed by atoms with Gasteiger partial charge in [-0.2, -0.15) is 0 Å². The van der Waals surface area contributed by atoms with Gasteiger partial charge < -0.3 is 28.7 Å². The van der Waals surface area contributed by atoms with Gasteiger partial charge in [-0.05, 0) is 93.3 Å². The lowest BCUT2D eigenvalue weighted by Crippen LogP contribution is -2.53. The van der Waals surface area contributed by atoms with Crippen LogP contribution in [0.1, 0.15) is 107 Å². The Morgan fingerprint density at radius 1 is 0.906 bits per heavy atom. The fourth-order valence-corrected chi connectivity index (χ4v) is 10.5. The Labute approximate surface area is 376 Å². The van der Waals surface area contributed by atoms with Gasteiger partial charge in [0, 0.05) is 54.8 Å². The van der Waals surface area contributed by atoms with E-state index in [0.717, 1.165) is 36.8 Å². The van der Waals surface area contributed by atoms with Crippen molar-refractivity contribution >= 4 is 41.2 Å². The van der Waals surface area contributed by atoms with Crippen LogP contribution < -0.4 is 14.2 Å². The zero-order valence-electron chi connectivity index (χ0n) is 36.7. The van der Waals surface area contributed by atoms with Crippen LogP contribution in [0, 0.1) is 23.7 Å². The molecule has 0 unspecified atom stereocenters. The summed E-state index contributed by atoms with van der Waals surface area (Å²) in [5.41, 5.74) is 3.20. The highest BCUT2D eigenvalue weighted by molar-refractivity contribution is 6.31. The number of halogens is 1. The molecule has 3 aromatic carbocycles. The third-order valence-electron chi connectivity index (χ3n) is 14.3. The molecule has 1 saturated heterocycles. The number of ether oxygens (including phenoxy) is 4. The molecule has 15 nitrogen and oxygen atoms in total. The lowest BCUT2D eigenvalue weighted by molar-refractivity contribution is -0.169. The van der Waals surface area contributed by atoms with Crippen molar-refractivity contribution in [2.45, 2.75) is 91.0 Å². The SMILES string of the molecule is COc1ccc(COC(=O)[C@@]2(C)CCCC[C@H]2C(=O)N2CCc3c(Cl)ccc(OCc4nnn(CCN5C(=O)c6ccccc6C5=O)c4C)c3[C@H]2CN2CC3(CC3)CC2=O)c(OC)c1. The number of methoxy groups -OCH3 is 2. The summed E-state index contributed by atoms with van der Waals surface area (Å²) in [4.78, 5) is 74.1. The Hall–Kier alpha value is -5.96. The van der Waals surface area contributed by atoms with Crippen molar-refractivity contribution in [3.63, 3.8) is 0 Å². The van der Waals surface area contributed by atoms with Gasteiger partial charge in [-0.1, -0.05) is 41.8 Å². The predicted octanol–water partition coefficient (Wildman–Crippen LogP) is 6.51. The monoisotopic (exact) mass is 892 g/mol. The molecule has 3 fully saturated rings. The van der Waals surface area contributed by atoms with E-state index in [1.54, 1.807) is 73.5 Å². The Kier molecular flexibility index (Phi) is 11.6. The van der Waals surface area contributed by atoms with Crippen LogP contribution in [0.15, 0.2) is 54.6 Å². The van der Waals surface area contributed by atoms with Gasteiger partial charge in [-0.15, -0.1) is 5.10 Å². The van der Waals surface area contributed by atoms with Gasteiger partial charge in [0.2, 0.25) is 11.8 Å². The van der Waals surface area contributed by atoms with Crippen LogP contribution in [-0.4, -0.2) is 99.7 Å². The predicted molar refractivity (Wildman–Crippen MR) is 233 cm³/mol. The molecule has 0 radical (unpaired) electrons. The molecule has 2 saturated carbocycles. The Morgan fingerprint density at radius 3 is 2.38 bits per heavy atom. The van der Waals surface area contributed by atoms with E-state index in [4.69, 9.17) is 30.5 Å². The van der Waals surface area contributed by atoms with Crippen LogP contribution >= 0.6 is 11.6 Å². The van der Waals surface area contributed by atoms with Crippen molar-refractivity contribution in [1.82, 2.24) is 29.7 Å². The first kappa shape index (κ1) is 43.3. The third-order valence-corrected chi connectivity index (χ3v) is 14.6. The summed E-state index contributed by atoms with van der Waals surface area (Å²) in [5, 5.41) is 9.28. The first-order chi connectivity index (χ1) is 30.8. The molecule has 16 heteroatoms. The highest BCUT2D eigenvalue weighted by Gasteiger charge is 2.54. The fraction of sp³-hybridized carbons (Fsp3) is 0.479. The van der Waals surface area contributed by atoms with Crippen LogP contribution in [-0.2, 0) is 45.3 Å². The average molecular weight is 893 g/mol. The average Bonchev–Trinajstić information content (AvgIpc) is 3.77. The first-order valence-corrected chi connectivity index (χ1v) is 22.5. The highest BCUT2D eigenvalue weighted by atomic mass is 35.5. The molecule has 9 rings (SSSR count). The molecular weight excluding hydrogens is 840 g/mol. The molecule has 3 aliphatic heterocycles. The molecule has 4 amide bonds. The van der Waals surface area contributed by atoms with Crippen molar-refractivity contribution in [2.75, 3.05) is 40.4 Å². The molecule has 0 bridgehead atoms. The molecule has 64 heavy (non-hydrogen) atoms. The van der Waals surface area contributed by atoms with E-state index in [2.05, 4.69) is 10.3 Å². The molecule has 1 aromatic heterocycles. The molecule has 4 aromatic rings. The largest absolute Gasteiger partial charge is 0.497 e. The maximum atomic E-state index is 15.3. The maximum Gasteiger partial charge on any atom is 0.312 e. The molecule has 5 aliphatic rings. The number of aromatic nitrogens is 3. The number of likely N-dealkylation sites (tertiary alicyclic amines) is 1. The molecule has 1 spiro atoms. The van der Waals surface area contributed by atoms with E-state index in [1.807, 2.05) is 23.6 Å². The molecule has 2 aliphatic carbocycles. The number of benzene rings is 3. The minimum atomic E-state index is -1.10. The zero-order valence-corrected chi connectivity index (χ0v) is 37.4. The molecular formula is C48H53ClN6O9. The summed E-state index contributed by atoms with van der Waals surface area (Å²) in [6.07, 6.45) is 5.51. The lowest BCUT2D eigenvalue weighted by Gasteiger charge is -2.45. The second-order valence-electron chi connectivity index (χ2n) is 18.1. The number of hydrogen-bond donors (Lipinski definition) is 0. The lowest BCUT2D eigenvalue weighted by atomic mass is 9.66. The van der Waals surface area contributed by atoms with Crippen molar-refractivity contribution in [2.24, 2.45) is 16.7 Å². The number of amides is 4. The molecule has 4 heterocycles. The summed E-state index contributed by atoms with van der Waals surface area (Å²) in [6.45, 7) is 5.30. The van der Waals surface area contributed by atoms with E-state index in [9.17, 15) is 19.2 Å². The van der Waals surface area contributed by atoms with Crippen LogP contribution in [0.25, 0.3) is 0 Å². The number of imide groups is 1. The molecule has 3 atom stereocenters. The van der Waals surface area contributed by atoms with E-state index >= 15 is 4.79 Å². The normalized spacial score (nSPS) is 22.1. The van der Waals surface area contributed by atoms with Crippen molar-refractivity contribution in [3.05, 3.63) is 98.8 Å². The number of esters is 1. The summed E-state index contributed by atoms with van der Waals surface area (Å²) < 4.78 is 25.1. The van der Waals surface area contributed by atoms with Gasteiger partial charge in [-0.25, -0.2) is 4.68 Å². The van der Waals surface area contributed by atoms with E-state index < -0.39 is 23.3 Å². The fourth-order valence-electron chi connectivity index (χ4n) is 10.2. The van der Waals surface area contributed by atoms with Crippen LogP contribution in [0.5, 0.6) is 17.2 Å². The Balaban J connectivity index is 0.964. The van der Waals surface area contributed by atoms with Crippen molar-refractivity contribution in [1.29, 1.82) is 0 Å². The van der Waals surface area contributed by atoms with E-state index in [1.165, 1.54) is 4.90 Å². The number of carbonyl (C=O) groups excluding carboxylic acids is 5. The summed E-state index contributed by atoms with van der Waals surface area (Å²) in [5.74, 6) is -0.218. The van der Waals surface area contributed by atoms with Gasteiger partial charge in [0.25, 0.3) is 11.8 Å². The summed E-state index contributed by atoms with van der Waals surface area (Å²) >= 11 is 6.96. The van der Waals surface area contributed by atoms with Gasteiger partial charge in [0.05, 0.1) is 55.0 Å². The van der Waals surface area contributed by atoms with Crippen molar-refractivity contribution in [3.8, 4) is 17.2 Å². The van der Waals surface area contributed by atoms with Gasteiger partial charge in [0.1, 0.15) is 36.2 Å². The second-order valence-corrected chi connectivity index (χ2v) is 18.5. The third kappa shape index (κ3) is 7.85. The first-order valence-electron chi connectivity index (χ1n) is 22.1. The number of rotatable bonds is 14. The van der Waals surface area contributed by atoms with Gasteiger partial charge in [0.15, 0.2) is 0 Å². The minimum Gasteiger partial charge on any atom is -0.497 e. The quantitative estimate of drug-likeness (QED) is 0.100. The minimum absolute atomic E-state index is 0.00195. The van der Waals surface area contributed by atoms with Crippen LogP contribution in [0.2, 0.25) is 5.02 Å². The van der Waals surface area contributed by atoms with E-state index in [0.29, 0.717) is 89.1 Å². The van der Waals surface area contributed by atoms with Crippen LogP contribution in [0.3, 0.4) is 0 Å². The smallest absolute Gasteiger partial charge is 0.312 e. The van der Waals surface area contributed by atoms with Gasteiger partial charge in [-0.3, -0.25) is 28.9 Å². The summed E-state index contributed by atoms with van der Waals surface area (Å²) in [6, 6.07) is 15.1. The van der Waals surface area contributed by atoms with Crippen molar-refractivity contribution < 1.29 is 42.9 Å². The number of nitrogens with zero attached hydrogens (tertiary/aromatic N) is 6. The number of carbonyl (C=O) groups is 5. The molecule has 336 valence electrons.